The van der Waals surface area contributed by atoms with E-state index in [1.807, 2.05) is 0 Å². The molecule has 7 nitrogen and oxygen atoms in total. The minimum atomic E-state index is -0.431. The Morgan fingerprint density at radius 2 is 1.71 bits per heavy atom. The molecule has 1 aliphatic carbocycles. The van der Waals surface area contributed by atoms with Gasteiger partial charge < -0.3 is 20.3 Å². The van der Waals surface area contributed by atoms with Gasteiger partial charge in [-0.05, 0) is 54.8 Å². The van der Waals surface area contributed by atoms with E-state index in [-0.39, 0.29) is 43.2 Å². The van der Waals surface area contributed by atoms with Crippen LogP contribution in [0.4, 0.5) is 10.1 Å². The second-order valence-electron chi connectivity index (χ2n) is 7.50. The van der Waals surface area contributed by atoms with Crippen LogP contribution in [0.25, 0.3) is 0 Å². The van der Waals surface area contributed by atoms with Crippen molar-refractivity contribution >= 4 is 23.4 Å². The Morgan fingerprint density at radius 3 is 2.29 bits per heavy atom. The maximum atomic E-state index is 13.2. The molecule has 1 saturated carbocycles. The van der Waals surface area contributed by atoms with Crippen LogP contribution in [0.3, 0.4) is 0 Å². The quantitative estimate of drug-likeness (QED) is 0.644. The van der Waals surface area contributed by atoms with Gasteiger partial charge in [-0.3, -0.25) is 14.4 Å². The Bertz CT molecular complexity index is 911. The summed E-state index contributed by atoms with van der Waals surface area (Å²) in [6, 6.07) is 12.7. The molecule has 3 amide bonds. The summed E-state index contributed by atoms with van der Waals surface area (Å²) in [5.41, 5.74) is 1.32. The lowest BCUT2D eigenvalue weighted by atomic mass is 9.84. The molecule has 1 fully saturated rings. The van der Waals surface area contributed by atoms with Crippen LogP contribution < -0.4 is 15.4 Å². The first kappa shape index (κ1) is 22.3. The van der Waals surface area contributed by atoms with Gasteiger partial charge in [0.15, 0.2) is 0 Å². The summed E-state index contributed by atoms with van der Waals surface area (Å²) in [5, 5.41) is 5.23. The molecule has 0 aromatic heterocycles. The molecule has 0 heterocycles. The fourth-order valence-electron chi connectivity index (χ4n) is 3.22. The fraction of sp³-hybridized carbons (Fsp3) is 0.348. The minimum absolute atomic E-state index is 0.0772. The number of nitrogens with one attached hydrogen (secondary N) is 2. The summed E-state index contributed by atoms with van der Waals surface area (Å²) in [7, 11) is 1.55. The third-order valence-corrected chi connectivity index (χ3v) is 5.21. The van der Waals surface area contributed by atoms with E-state index in [0.29, 0.717) is 11.4 Å². The van der Waals surface area contributed by atoms with Crippen LogP contribution in [-0.4, -0.2) is 42.8 Å². The van der Waals surface area contributed by atoms with E-state index in [2.05, 4.69) is 10.6 Å². The number of carbonyl (C=O) groups is 3. The molecule has 0 saturated heterocycles. The van der Waals surface area contributed by atoms with Crippen LogP contribution in [0, 0.1) is 11.7 Å². The standard InChI is InChI=1S/C23H26FN3O4/c1-31-20-11-9-19(10-12-20)26-21(28)13-25-22(29)15-27(23(30)17-3-2-4-17)14-16-5-7-18(24)8-6-16/h5-12,17H,2-4,13-15H2,1H3,(H,25,29)(H,26,28). The second kappa shape index (κ2) is 10.6. The van der Waals surface area contributed by atoms with Crippen molar-refractivity contribution in [3.05, 3.63) is 59.9 Å². The number of carbonyl (C=O) groups excluding carboxylic acids is 3. The SMILES string of the molecule is COc1ccc(NC(=O)CNC(=O)CN(Cc2ccc(F)cc2)C(=O)C2CCC2)cc1. The van der Waals surface area contributed by atoms with Crippen molar-refractivity contribution in [3.63, 3.8) is 0 Å². The van der Waals surface area contributed by atoms with Gasteiger partial charge in [-0.15, -0.1) is 0 Å². The second-order valence-corrected chi connectivity index (χ2v) is 7.50. The monoisotopic (exact) mass is 427 g/mol. The first-order chi connectivity index (χ1) is 14.9. The highest BCUT2D eigenvalue weighted by Crippen LogP contribution is 2.28. The van der Waals surface area contributed by atoms with Gasteiger partial charge in [0.1, 0.15) is 11.6 Å². The van der Waals surface area contributed by atoms with Crippen molar-refractivity contribution in [1.29, 1.82) is 0 Å². The molecule has 2 aromatic carbocycles. The number of methoxy groups -OCH3 is 1. The lowest BCUT2D eigenvalue weighted by Crippen LogP contribution is -2.45. The number of anilines is 1. The molecule has 0 unspecified atom stereocenters. The van der Waals surface area contributed by atoms with Crippen LogP contribution >= 0.6 is 0 Å². The van der Waals surface area contributed by atoms with Gasteiger partial charge in [0.05, 0.1) is 20.2 Å². The largest absolute Gasteiger partial charge is 0.497 e. The van der Waals surface area contributed by atoms with E-state index in [0.717, 1.165) is 24.8 Å². The Hall–Kier alpha value is -3.42. The van der Waals surface area contributed by atoms with Gasteiger partial charge in [-0.25, -0.2) is 4.39 Å². The topological polar surface area (TPSA) is 87.7 Å². The van der Waals surface area contributed by atoms with Gasteiger partial charge in [0.2, 0.25) is 17.7 Å². The summed E-state index contributed by atoms with van der Waals surface area (Å²) in [5.74, 6) is -0.668. The van der Waals surface area contributed by atoms with Gasteiger partial charge in [0.25, 0.3) is 0 Å². The van der Waals surface area contributed by atoms with Crippen LogP contribution in [0.5, 0.6) is 5.75 Å². The zero-order chi connectivity index (χ0) is 22.2. The Balaban J connectivity index is 1.52. The maximum Gasteiger partial charge on any atom is 0.243 e. The number of hydrogen-bond donors (Lipinski definition) is 2. The zero-order valence-corrected chi connectivity index (χ0v) is 17.4. The first-order valence-corrected chi connectivity index (χ1v) is 10.2. The average molecular weight is 427 g/mol. The molecule has 164 valence electrons. The molecule has 0 radical (unpaired) electrons. The normalized spacial score (nSPS) is 13.1. The van der Waals surface area contributed by atoms with Crippen LogP contribution in [-0.2, 0) is 20.9 Å². The molecule has 3 rings (SSSR count). The zero-order valence-electron chi connectivity index (χ0n) is 17.4. The number of amides is 3. The van der Waals surface area contributed by atoms with E-state index in [4.69, 9.17) is 4.74 Å². The summed E-state index contributed by atoms with van der Waals surface area (Å²) >= 11 is 0. The third kappa shape index (κ3) is 6.53. The first-order valence-electron chi connectivity index (χ1n) is 10.2. The minimum Gasteiger partial charge on any atom is -0.497 e. The molecule has 8 heteroatoms. The number of benzene rings is 2. The van der Waals surface area contributed by atoms with E-state index in [9.17, 15) is 18.8 Å². The summed E-state index contributed by atoms with van der Waals surface area (Å²) in [6.07, 6.45) is 2.62. The third-order valence-electron chi connectivity index (χ3n) is 5.21. The van der Waals surface area contributed by atoms with E-state index in [1.165, 1.54) is 17.0 Å². The highest BCUT2D eigenvalue weighted by Gasteiger charge is 2.30. The number of nitrogens with zero attached hydrogens (tertiary/aromatic N) is 1. The van der Waals surface area contributed by atoms with Crippen LogP contribution in [0.1, 0.15) is 24.8 Å². The lowest BCUT2D eigenvalue weighted by molar-refractivity contribution is -0.142. The molecule has 0 atom stereocenters. The van der Waals surface area contributed by atoms with Crippen LogP contribution in [0.2, 0.25) is 0 Å². The molecule has 2 aromatic rings. The van der Waals surface area contributed by atoms with Gasteiger partial charge >= 0.3 is 0 Å². The van der Waals surface area contributed by atoms with E-state index in [1.54, 1.807) is 43.5 Å². The van der Waals surface area contributed by atoms with Crippen molar-refractivity contribution < 1.29 is 23.5 Å². The number of rotatable bonds is 9. The van der Waals surface area contributed by atoms with Crippen molar-refractivity contribution in [2.45, 2.75) is 25.8 Å². The van der Waals surface area contributed by atoms with Crippen molar-refractivity contribution in [3.8, 4) is 5.75 Å². The number of halogens is 1. The van der Waals surface area contributed by atoms with Crippen molar-refractivity contribution in [2.75, 3.05) is 25.5 Å². The molecular formula is C23H26FN3O4. The van der Waals surface area contributed by atoms with Crippen molar-refractivity contribution in [1.82, 2.24) is 10.2 Å². The molecule has 31 heavy (non-hydrogen) atoms. The molecule has 0 aliphatic heterocycles. The van der Waals surface area contributed by atoms with Gasteiger partial charge in [-0.2, -0.15) is 0 Å². The highest BCUT2D eigenvalue weighted by atomic mass is 19.1. The predicted octanol–water partition coefficient (Wildman–Crippen LogP) is 2.72. The van der Waals surface area contributed by atoms with E-state index >= 15 is 0 Å². The Labute approximate surface area is 180 Å². The van der Waals surface area contributed by atoms with Gasteiger partial charge in [-0.1, -0.05) is 18.6 Å². The molecule has 2 N–H and O–H groups in total. The lowest BCUT2D eigenvalue weighted by Gasteiger charge is -2.31. The fourth-order valence-corrected chi connectivity index (χ4v) is 3.22. The molecule has 1 aliphatic rings. The van der Waals surface area contributed by atoms with Crippen LogP contribution in [0.15, 0.2) is 48.5 Å². The molecular weight excluding hydrogens is 401 g/mol. The average Bonchev–Trinajstić information content (AvgIpc) is 2.72. The molecule has 0 bridgehead atoms. The van der Waals surface area contributed by atoms with E-state index < -0.39 is 5.91 Å². The number of hydrogen-bond acceptors (Lipinski definition) is 4. The summed E-state index contributed by atoms with van der Waals surface area (Å²) < 4.78 is 18.2. The maximum absolute atomic E-state index is 13.2. The van der Waals surface area contributed by atoms with Gasteiger partial charge in [0, 0.05) is 18.2 Å². The summed E-state index contributed by atoms with van der Waals surface area (Å²) in [6.45, 7) is -0.170. The van der Waals surface area contributed by atoms with Crippen molar-refractivity contribution in [2.24, 2.45) is 5.92 Å². The molecule has 0 spiro atoms. The Morgan fingerprint density at radius 1 is 1.03 bits per heavy atom. The predicted molar refractivity (Wildman–Crippen MR) is 114 cm³/mol. The summed E-state index contributed by atoms with van der Waals surface area (Å²) in [4.78, 5) is 38.7. The number of ether oxygens (including phenoxy) is 1. The Kier molecular flexibility index (Phi) is 7.59. The highest BCUT2D eigenvalue weighted by molar-refractivity contribution is 5.95. The smallest absolute Gasteiger partial charge is 0.243 e.